The third-order valence-corrected chi connectivity index (χ3v) is 2.82. The van der Waals surface area contributed by atoms with Gasteiger partial charge in [-0.2, -0.15) is 0 Å². The first kappa shape index (κ1) is 20.0. The van der Waals surface area contributed by atoms with Crippen molar-refractivity contribution < 1.29 is 24.2 Å². The van der Waals surface area contributed by atoms with Gasteiger partial charge in [-0.25, -0.2) is 9.59 Å². The number of hydrogen-bond acceptors (Lipinski definition) is 4. The van der Waals surface area contributed by atoms with E-state index in [1.807, 2.05) is 0 Å². The van der Waals surface area contributed by atoms with Gasteiger partial charge in [-0.1, -0.05) is 6.58 Å². The maximum atomic E-state index is 10.8. The third kappa shape index (κ3) is 8.32. The first-order chi connectivity index (χ1) is 10.1. The molecule has 1 rings (SSSR count). The van der Waals surface area contributed by atoms with E-state index in [1.54, 1.807) is 12.1 Å². The minimum atomic E-state index is -0.946. The molecule has 0 aliphatic carbocycles. The smallest absolute Gasteiger partial charge is 0.335 e. The topological polar surface area (TPSA) is 72.8 Å². The van der Waals surface area contributed by atoms with Gasteiger partial charge in [0.1, 0.15) is 5.75 Å². The molecule has 0 spiro atoms. The zero-order valence-corrected chi connectivity index (χ0v) is 13.1. The van der Waals surface area contributed by atoms with Gasteiger partial charge in [0.15, 0.2) is 0 Å². The first-order valence-electron chi connectivity index (χ1n) is 6.89. The minimum absolute atomic E-state index is 0. The maximum Gasteiger partial charge on any atom is 0.335 e. The molecule has 0 aromatic heterocycles. The van der Waals surface area contributed by atoms with Gasteiger partial charge in [0.05, 0.1) is 18.8 Å². The molecule has 1 N–H and O–H groups in total. The number of ether oxygens (including phenoxy) is 2. The van der Waals surface area contributed by atoms with Crippen LogP contribution in [0.3, 0.4) is 0 Å². The molecule has 0 saturated heterocycles. The fraction of sp³-hybridized carbons (Fsp3) is 0.375. The lowest BCUT2D eigenvalue weighted by Gasteiger charge is -2.06. The van der Waals surface area contributed by atoms with E-state index in [9.17, 15) is 9.59 Å². The normalized spacial score (nSPS) is 9.45. The van der Waals surface area contributed by atoms with Crippen LogP contribution in [-0.2, 0) is 9.53 Å². The van der Waals surface area contributed by atoms with Gasteiger partial charge < -0.3 is 14.6 Å². The van der Waals surface area contributed by atoms with Crippen molar-refractivity contribution in [3.05, 3.63) is 42.5 Å². The van der Waals surface area contributed by atoms with Crippen molar-refractivity contribution >= 4 is 24.3 Å². The summed E-state index contributed by atoms with van der Waals surface area (Å²) < 4.78 is 10.4. The zero-order chi connectivity index (χ0) is 15.5. The van der Waals surface area contributed by atoms with Gasteiger partial charge >= 0.3 is 11.9 Å². The van der Waals surface area contributed by atoms with Gasteiger partial charge in [0, 0.05) is 6.08 Å². The number of carboxylic acids is 1. The van der Waals surface area contributed by atoms with Crippen LogP contribution in [0.1, 0.15) is 36.0 Å². The van der Waals surface area contributed by atoms with Crippen molar-refractivity contribution in [1.82, 2.24) is 0 Å². The fourth-order valence-electron chi connectivity index (χ4n) is 1.67. The molecule has 1 aromatic carbocycles. The predicted octanol–water partition coefficient (Wildman–Crippen LogP) is 3.48. The molecule has 0 amide bonds. The molecular weight excluding hydrogens is 308 g/mol. The molecule has 1 aromatic rings. The van der Waals surface area contributed by atoms with E-state index in [-0.39, 0.29) is 23.9 Å². The largest absolute Gasteiger partial charge is 0.494 e. The van der Waals surface area contributed by atoms with Crippen LogP contribution in [0.5, 0.6) is 5.75 Å². The standard InChI is InChI=1S/C16H20O5.ClH/c1-2-15(17)21-12-6-4-3-5-11-20-14-9-7-13(8-10-14)16(18)19;/h2,7-10H,1,3-6,11-12H2,(H,18,19);1H. The third-order valence-electron chi connectivity index (χ3n) is 2.82. The highest BCUT2D eigenvalue weighted by Crippen LogP contribution is 2.13. The summed E-state index contributed by atoms with van der Waals surface area (Å²) >= 11 is 0. The molecule has 0 aliphatic heterocycles. The number of rotatable bonds is 10. The lowest BCUT2D eigenvalue weighted by molar-refractivity contribution is -0.137. The number of halogens is 1. The van der Waals surface area contributed by atoms with Crippen LogP contribution in [0.4, 0.5) is 0 Å². The Balaban J connectivity index is 0.00000441. The van der Waals surface area contributed by atoms with Gasteiger partial charge in [-0.05, 0) is 49.9 Å². The second-order valence-corrected chi connectivity index (χ2v) is 4.46. The molecule has 0 heterocycles. The van der Waals surface area contributed by atoms with Crippen LogP contribution in [0.25, 0.3) is 0 Å². The lowest BCUT2D eigenvalue weighted by Crippen LogP contribution is -2.02. The quantitative estimate of drug-likeness (QED) is 0.404. The number of carbonyl (C=O) groups excluding carboxylic acids is 1. The number of aromatic carboxylic acids is 1. The highest BCUT2D eigenvalue weighted by Gasteiger charge is 2.02. The Hall–Kier alpha value is -2.01. The van der Waals surface area contributed by atoms with Crippen molar-refractivity contribution in [2.24, 2.45) is 0 Å². The van der Waals surface area contributed by atoms with Crippen molar-refractivity contribution in [3.63, 3.8) is 0 Å². The summed E-state index contributed by atoms with van der Waals surface area (Å²) in [6.07, 6.45) is 4.83. The van der Waals surface area contributed by atoms with Crippen LogP contribution in [0.15, 0.2) is 36.9 Å². The summed E-state index contributed by atoms with van der Waals surface area (Å²) in [6, 6.07) is 6.34. The Morgan fingerprint density at radius 2 is 1.64 bits per heavy atom. The molecule has 6 heteroatoms. The average molecular weight is 329 g/mol. The second-order valence-electron chi connectivity index (χ2n) is 4.46. The molecule has 0 unspecified atom stereocenters. The average Bonchev–Trinajstić information content (AvgIpc) is 2.50. The van der Waals surface area contributed by atoms with Gasteiger partial charge in [-0.3, -0.25) is 0 Å². The number of esters is 1. The van der Waals surface area contributed by atoms with Gasteiger partial charge in [0.25, 0.3) is 0 Å². The van der Waals surface area contributed by atoms with Crippen molar-refractivity contribution in [1.29, 1.82) is 0 Å². The molecule has 0 radical (unpaired) electrons. The first-order valence-corrected chi connectivity index (χ1v) is 6.89. The summed E-state index contributed by atoms with van der Waals surface area (Å²) in [6.45, 7) is 4.32. The monoisotopic (exact) mass is 328 g/mol. The van der Waals surface area contributed by atoms with Crippen LogP contribution < -0.4 is 4.74 Å². The Morgan fingerprint density at radius 3 is 2.18 bits per heavy atom. The summed E-state index contributed by atoms with van der Waals surface area (Å²) in [5.41, 5.74) is 0.247. The molecule has 0 fully saturated rings. The molecule has 0 aliphatic rings. The summed E-state index contributed by atoms with van der Waals surface area (Å²) in [5.74, 6) is -0.665. The Bertz CT molecular complexity index is 470. The summed E-state index contributed by atoms with van der Waals surface area (Å²) in [5, 5.41) is 8.77. The van der Waals surface area contributed by atoms with E-state index in [2.05, 4.69) is 6.58 Å². The summed E-state index contributed by atoms with van der Waals surface area (Å²) in [4.78, 5) is 21.5. The van der Waals surface area contributed by atoms with Crippen LogP contribution in [0, 0.1) is 0 Å². The predicted molar refractivity (Wildman–Crippen MR) is 85.8 cm³/mol. The fourth-order valence-corrected chi connectivity index (χ4v) is 1.67. The maximum absolute atomic E-state index is 10.8. The van der Waals surface area contributed by atoms with Crippen molar-refractivity contribution in [2.45, 2.75) is 25.7 Å². The summed E-state index contributed by atoms with van der Waals surface area (Å²) in [7, 11) is 0. The molecule has 122 valence electrons. The minimum Gasteiger partial charge on any atom is -0.494 e. The van der Waals surface area contributed by atoms with Crippen molar-refractivity contribution in [3.8, 4) is 5.75 Å². The Labute approximate surface area is 136 Å². The second kappa shape index (κ2) is 11.6. The van der Waals surface area contributed by atoms with E-state index in [0.717, 1.165) is 31.8 Å². The highest BCUT2D eigenvalue weighted by molar-refractivity contribution is 5.87. The van der Waals surface area contributed by atoms with E-state index >= 15 is 0 Å². The Kier molecular flexibility index (Phi) is 10.6. The van der Waals surface area contributed by atoms with E-state index < -0.39 is 5.97 Å². The number of benzene rings is 1. The van der Waals surface area contributed by atoms with E-state index in [4.69, 9.17) is 14.6 Å². The molecule has 0 saturated carbocycles. The molecule has 0 atom stereocenters. The number of carboxylic acid groups (broad SMARTS) is 1. The molecule has 0 bridgehead atoms. The zero-order valence-electron chi connectivity index (χ0n) is 12.3. The number of carbonyl (C=O) groups is 2. The molecule has 22 heavy (non-hydrogen) atoms. The van der Waals surface area contributed by atoms with E-state index in [1.165, 1.54) is 12.1 Å². The lowest BCUT2D eigenvalue weighted by atomic mass is 10.2. The van der Waals surface area contributed by atoms with Crippen LogP contribution in [0.2, 0.25) is 0 Å². The Morgan fingerprint density at radius 1 is 1.05 bits per heavy atom. The highest BCUT2D eigenvalue weighted by atomic mass is 35.5. The number of hydrogen-bond donors (Lipinski definition) is 1. The molecule has 5 nitrogen and oxygen atoms in total. The van der Waals surface area contributed by atoms with Crippen molar-refractivity contribution in [2.75, 3.05) is 13.2 Å². The van der Waals surface area contributed by atoms with Gasteiger partial charge in [0.2, 0.25) is 0 Å². The van der Waals surface area contributed by atoms with Crippen LogP contribution in [-0.4, -0.2) is 30.3 Å². The SMILES string of the molecule is C=CC(=O)OCCCCCCOc1ccc(C(=O)O)cc1.Cl. The van der Waals surface area contributed by atoms with Gasteiger partial charge in [-0.15, -0.1) is 12.4 Å². The number of unbranched alkanes of at least 4 members (excludes halogenated alkanes) is 3. The molecular formula is C16H21ClO5. The van der Waals surface area contributed by atoms with E-state index in [0.29, 0.717) is 19.0 Å². The van der Waals surface area contributed by atoms with Crippen LogP contribution >= 0.6 is 12.4 Å².